The van der Waals surface area contributed by atoms with Gasteiger partial charge in [-0.25, -0.2) is 4.39 Å². The number of carbonyl (C=O) groups is 1. The summed E-state index contributed by atoms with van der Waals surface area (Å²) in [4.78, 5) is 21.8. The van der Waals surface area contributed by atoms with Crippen LogP contribution >= 0.6 is 0 Å². The summed E-state index contributed by atoms with van der Waals surface area (Å²) in [5.41, 5.74) is 4.95. The highest BCUT2D eigenvalue weighted by atomic mass is 19.1. The number of halogens is 1. The van der Waals surface area contributed by atoms with Crippen molar-refractivity contribution in [2.75, 3.05) is 6.54 Å². The number of carbonyl (C=O) groups excluding carboxylic acids is 1. The molecule has 0 unspecified atom stereocenters. The highest BCUT2D eigenvalue weighted by Crippen LogP contribution is 2.16. The van der Waals surface area contributed by atoms with Crippen LogP contribution in [-0.2, 0) is 0 Å². The van der Waals surface area contributed by atoms with Crippen molar-refractivity contribution in [2.24, 2.45) is 5.73 Å². The summed E-state index contributed by atoms with van der Waals surface area (Å²) in [6.45, 7) is 4.04. The van der Waals surface area contributed by atoms with Crippen molar-refractivity contribution in [2.45, 2.75) is 32.2 Å². The van der Waals surface area contributed by atoms with Crippen molar-refractivity contribution in [1.82, 2.24) is 5.32 Å². The van der Waals surface area contributed by atoms with Gasteiger partial charge in [-0.3, -0.25) is 14.9 Å². The van der Waals surface area contributed by atoms with E-state index in [0.717, 1.165) is 18.2 Å². The lowest BCUT2D eigenvalue weighted by molar-refractivity contribution is -0.385. The van der Waals surface area contributed by atoms with Crippen molar-refractivity contribution >= 4 is 11.6 Å². The van der Waals surface area contributed by atoms with Gasteiger partial charge in [-0.05, 0) is 18.9 Å². The zero-order valence-electron chi connectivity index (χ0n) is 11.5. The Bertz CT molecular complexity index is 516. The molecule has 1 aromatic carbocycles. The van der Waals surface area contributed by atoms with Crippen LogP contribution in [0.3, 0.4) is 0 Å². The van der Waals surface area contributed by atoms with Gasteiger partial charge in [0.25, 0.3) is 11.6 Å². The Morgan fingerprint density at radius 1 is 1.40 bits per heavy atom. The molecule has 0 spiro atoms. The average Bonchev–Trinajstić information content (AvgIpc) is 2.43. The monoisotopic (exact) mass is 283 g/mol. The van der Waals surface area contributed by atoms with Crippen LogP contribution in [0, 0.1) is 15.9 Å². The minimum atomic E-state index is -0.825. The Morgan fingerprint density at radius 3 is 2.50 bits per heavy atom. The summed E-state index contributed by atoms with van der Waals surface area (Å²) >= 11 is 0. The van der Waals surface area contributed by atoms with E-state index in [0.29, 0.717) is 12.8 Å². The molecule has 3 N–H and O–H groups in total. The Labute approximate surface area is 116 Å². The van der Waals surface area contributed by atoms with Gasteiger partial charge in [0.15, 0.2) is 0 Å². The Hall–Kier alpha value is -2.02. The molecule has 0 aliphatic rings. The van der Waals surface area contributed by atoms with Gasteiger partial charge in [-0.15, -0.1) is 0 Å². The summed E-state index contributed by atoms with van der Waals surface area (Å²) in [5.74, 6) is -1.40. The number of hydrogen-bond donors (Lipinski definition) is 2. The number of nitrogens with zero attached hydrogens (tertiary/aromatic N) is 1. The average molecular weight is 283 g/mol. The Kier molecular flexibility index (Phi) is 5.15. The lowest BCUT2D eigenvalue weighted by Gasteiger charge is -2.26. The van der Waals surface area contributed by atoms with Crippen molar-refractivity contribution in [3.8, 4) is 0 Å². The standard InChI is InChI=1S/C13H18FN3O3/c1-3-13(15,4-2)8-16-12(18)9-5-10(14)7-11(6-9)17(19)20/h5-7H,3-4,8,15H2,1-2H3,(H,16,18). The third-order valence-electron chi connectivity index (χ3n) is 3.36. The molecule has 0 aliphatic carbocycles. The molecule has 1 aromatic rings. The summed E-state index contributed by atoms with van der Waals surface area (Å²) in [7, 11) is 0. The van der Waals surface area contributed by atoms with Crippen LogP contribution in [0.1, 0.15) is 37.0 Å². The minimum Gasteiger partial charge on any atom is -0.350 e. The van der Waals surface area contributed by atoms with E-state index >= 15 is 0 Å². The molecule has 0 aliphatic heterocycles. The molecule has 1 amide bonds. The molecule has 0 bridgehead atoms. The van der Waals surface area contributed by atoms with Gasteiger partial charge in [-0.2, -0.15) is 0 Å². The molecule has 0 aromatic heterocycles. The fourth-order valence-electron chi connectivity index (χ4n) is 1.67. The first-order valence-electron chi connectivity index (χ1n) is 6.33. The molecule has 20 heavy (non-hydrogen) atoms. The second kappa shape index (κ2) is 6.42. The first-order chi connectivity index (χ1) is 9.31. The predicted molar refractivity (Wildman–Crippen MR) is 72.9 cm³/mol. The molecule has 0 fully saturated rings. The SMILES string of the molecule is CCC(N)(CC)CNC(=O)c1cc(F)cc([N+](=O)[O-])c1. The van der Waals surface area contributed by atoms with E-state index in [1.54, 1.807) is 0 Å². The van der Waals surface area contributed by atoms with E-state index in [2.05, 4.69) is 5.32 Å². The Morgan fingerprint density at radius 2 is 2.00 bits per heavy atom. The first-order valence-corrected chi connectivity index (χ1v) is 6.33. The second-order valence-corrected chi connectivity index (χ2v) is 4.71. The normalized spacial score (nSPS) is 11.2. The van der Waals surface area contributed by atoms with E-state index in [1.807, 2.05) is 13.8 Å². The van der Waals surface area contributed by atoms with Crippen LogP contribution in [-0.4, -0.2) is 22.9 Å². The quantitative estimate of drug-likeness (QED) is 0.616. The maximum Gasteiger partial charge on any atom is 0.273 e. The van der Waals surface area contributed by atoms with Crippen LogP contribution < -0.4 is 11.1 Å². The van der Waals surface area contributed by atoms with Gasteiger partial charge in [0.05, 0.1) is 11.0 Å². The topological polar surface area (TPSA) is 98.3 Å². The zero-order chi connectivity index (χ0) is 15.3. The van der Waals surface area contributed by atoms with Crippen LogP contribution in [0.15, 0.2) is 18.2 Å². The van der Waals surface area contributed by atoms with E-state index < -0.39 is 27.9 Å². The zero-order valence-corrected chi connectivity index (χ0v) is 11.5. The first kappa shape index (κ1) is 16.0. The second-order valence-electron chi connectivity index (χ2n) is 4.71. The minimum absolute atomic E-state index is 0.0914. The molecule has 110 valence electrons. The van der Waals surface area contributed by atoms with Gasteiger partial charge >= 0.3 is 0 Å². The number of amides is 1. The highest BCUT2D eigenvalue weighted by molar-refractivity contribution is 5.94. The van der Waals surface area contributed by atoms with Crippen LogP contribution in [0.5, 0.6) is 0 Å². The van der Waals surface area contributed by atoms with Crippen LogP contribution in [0.4, 0.5) is 10.1 Å². The van der Waals surface area contributed by atoms with E-state index in [9.17, 15) is 19.3 Å². The summed E-state index contributed by atoms with van der Waals surface area (Å²) in [6, 6.07) is 2.76. The maximum absolute atomic E-state index is 13.2. The third kappa shape index (κ3) is 3.99. The van der Waals surface area contributed by atoms with Crippen molar-refractivity contribution < 1.29 is 14.1 Å². The molecule has 0 saturated carbocycles. The Balaban J connectivity index is 2.85. The van der Waals surface area contributed by atoms with Gasteiger partial charge in [-0.1, -0.05) is 13.8 Å². The van der Waals surface area contributed by atoms with Crippen LogP contribution in [0.2, 0.25) is 0 Å². The number of nitro benzene ring substituents is 1. The van der Waals surface area contributed by atoms with E-state index in [-0.39, 0.29) is 12.1 Å². The van der Waals surface area contributed by atoms with Gasteiger partial charge in [0.1, 0.15) is 5.82 Å². The number of non-ortho nitro benzene ring substituents is 1. The summed E-state index contributed by atoms with van der Waals surface area (Å²) in [5, 5.41) is 13.2. The number of hydrogen-bond acceptors (Lipinski definition) is 4. The molecule has 0 radical (unpaired) electrons. The number of nitro groups is 1. The fraction of sp³-hybridized carbons (Fsp3) is 0.462. The number of rotatable bonds is 6. The smallest absolute Gasteiger partial charge is 0.273 e. The van der Waals surface area contributed by atoms with Crippen molar-refractivity contribution in [3.63, 3.8) is 0 Å². The number of benzene rings is 1. The molecule has 0 atom stereocenters. The molecule has 7 heteroatoms. The summed E-state index contributed by atoms with van der Waals surface area (Å²) < 4.78 is 13.2. The molecular formula is C13H18FN3O3. The largest absolute Gasteiger partial charge is 0.350 e. The van der Waals surface area contributed by atoms with Crippen molar-refractivity contribution in [3.05, 3.63) is 39.7 Å². The summed E-state index contributed by atoms with van der Waals surface area (Å²) in [6.07, 6.45) is 1.35. The molecule has 0 heterocycles. The number of nitrogens with one attached hydrogen (secondary N) is 1. The molecule has 1 rings (SSSR count). The van der Waals surface area contributed by atoms with Crippen LogP contribution in [0.25, 0.3) is 0 Å². The van der Waals surface area contributed by atoms with E-state index in [4.69, 9.17) is 5.73 Å². The molecular weight excluding hydrogens is 265 g/mol. The van der Waals surface area contributed by atoms with E-state index in [1.165, 1.54) is 0 Å². The van der Waals surface area contributed by atoms with Gasteiger partial charge < -0.3 is 11.1 Å². The molecule has 0 saturated heterocycles. The predicted octanol–water partition coefficient (Wildman–Crippen LogP) is 1.98. The maximum atomic E-state index is 13.2. The highest BCUT2D eigenvalue weighted by Gasteiger charge is 2.22. The number of nitrogens with two attached hydrogens (primary N) is 1. The fourth-order valence-corrected chi connectivity index (χ4v) is 1.67. The van der Waals surface area contributed by atoms with Gasteiger partial charge in [0, 0.05) is 23.7 Å². The third-order valence-corrected chi connectivity index (χ3v) is 3.36. The van der Waals surface area contributed by atoms with Crippen molar-refractivity contribution in [1.29, 1.82) is 0 Å². The lowest BCUT2D eigenvalue weighted by Crippen LogP contribution is -2.49. The lowest BCUT2D eigenvalue weighted by atomic mass is 9.94. The molecule has 6 nitrogen and oxygen atoms in total. The van der Waals surface area contributed by atoms with Gasteiger partial charge in [0.2, 0.25) is 0 Å².